The number of carbonyl (C=O) groups excluding carboxylic acids is 3. The molecule has 0 aliphatic carbocycles. The van der Waals surface area contributed by atoms with Crippen LogP contribution in [0.1, 0.15) is 67.4 Å². The fourth-order valence-electron chi connectivity index (χ4n) is 4.97. The number of hydrogen-bond acceptors (Lipinski definition) is 9. The summed E-state index contributed by atoms with van der Waals surface area (Å²) in [5.41, 5.74) is -1.14. The van der Waals surface area contributed by atoms with Crippen LogP contribution in [0.2, 0.25) is 0 Å². The smallest absolute Gasteiger partial charge is 0.335 e. The second-order valence-electron chi connectivity index (χ2n) is 13.6. The molecular weight excluding hydrogens is 719 g/mol. The van der Waals surface area contributed by atoms with Gasteiger partial charge in [-0.1, -0.05) is 32.9 Å². The van der Waals surface area contributed by atoms with Gasteiger partial charge >= 0.3 is 11.7 Å². The van der Waals surface area contributed by atoms with E-state index in [2.05, 4.69) is 5.32 Å². The van der Waals surface area contributed by atoms with Crippen LogP contribution in [0.3, 0.4) is 0 Å². The number of nitrogens with one attached hydrogen (secondary N) is 2. The van der Waals surface area contributed by atoms with Gasteiger partial charge < -0.3 is 14.6 Å². The van der Waals surface area contributed by atoms with Crippen LogP contribution in [-0.2, 0) is 44.2 Å². The highest BCUT2D eigenvalue weighted by atomic mass is 32.2. The number of nitrogens with zero attached hydrogens (tertiary/aromatic N) is 2. The number of aromatic nitrogens is 2. The van der Waals surface area contributed by atoms with Gasteiger partial charge in [0.05, 0.1) is 23.0 Å². The molecule has 0 aliphatic heterocycles. The first-order valence-corrected chi connectivity index (χ1v) is 18.5. The summed E-state index contributed by atoms with van der Waals surface area (Å²) in [5, 5.41) is 3.86. The number of Topliss-reactive ketones (excluding diaryl/α,β-unsaturated/α-hetero) is 1. The third-order valence-corrected chi connectivity index (χ3v) is 11.1. The zero-order valence-corrected chi connectivity index (χ0v) is 31.6. The first kappa shape index (κ1) is 39.8. The first-order chi connectivity index (χ1) is 24.1. The average molecular weight is 759 g/mol. The zero-order valence-electron chi connectivity index (χ0n) is 29.9. The molecule has 1 amide bonds. The predicted octanol–water partition coefficient (Wildman–Crippen LogP) is 4.74. The molecule has 2 N–H and O–H groups in total. The van der Waals surface area contributed by atoms with Crippen molar-refractivity contribution in [3.8, 4) is 5.69 Å². The summed E-state index contributed by atoms with van der Waals surface area (Å²) in [5.74, 6) is -4.69. The van der Waals surface area contributed by atoms with Crippen LogP contribution in [0.15, 0.2) is 61.6 Å². The molecule has 4 rings (SSSR count). The Balaban J connectivity index is 1.55. The van der Waals surface area contributed by atoms with Crippen molar-refractivity contribution in [1.82, 2.24) is 14.5 Å². The highest BCUT2D eigenvalue weighted by Gasteiger charge is 2.28. The van der Waals surface area contributed by atoms with E-state index in [4.69, 9.17) is 4.74 Å². The molecule has 1 atom stereocenters. The normalized spacial score (nSPS) is 12.4. The molecule has 0 bridgehead atoms. The van der Waals surface area contributed by atoms with Gasteiger partial charge in [0.25, 0.3) is 21.5 Å². The summed E-state index contributed by atoms with van der Waals surface area (Å²) >= 11 is 0.806. The summed E-state index contributed by atoms with van der Waals surface area (Å²) in [6.45, 7) is 11.7. The van der Waals surface area contributed by atoms with Crippen LogP contribution >= 0.6 is 11.3 Å². The molecule has 0 radical (unpaired) electrons. The number of halogens is 2. The van der Waals surface area contributed by atoms with Gasteiger partial charge in [0.15, 0.2) is 0 Å². The number of rotatable bonds is 12. The van der Waals surface area contributed by atoms with Crippen LogP contribution in [0.4, 0.5) is 14.5 Å². The summed E-state index contributed by atoms with van der Waals surface area (Å²) < 4.78 is 65.9. The maximum Gasteiger partial charge on any atom is 0.335 e. The van der Waals surface area contributed by atoms with E-state index < -0.39 is 73.6 Å². The molecule has 52 heavy (non-hydrogen) atoms. The van der Waals surface area contributed by atoms with E-state index in [0.29, 0.717) is 34.5 Å². The minimum Gasteiger partial charge on any atom is -0.461 e. The third kappa shape index (κ3) is 8.91. The topological polar surface area (TPSA) is 163 Å². The highest BCUT2D eigenvalue weighted by molar-refractivity contribution is 7.94. The summed E-state index contributed by atoms with van der Waals surface area (Å²) in [6.07, 6.45) is -0.750. The number of esters is 1. The molecule has 0 fully saturated rings. The zero-order chi connectivity index (χ0) is 38.9. The van der Waals surface area contributed by atoms with Crippen LogP contribution in [0, 0.1) is 30.9 Å². The van der Waals surface area contributed by atoms with Gasteiger partial charge in [-0.2, -0.15) is 0 Å². The fourth-order valence-corrected chi connectivity index (χ4v) is 7.24. The third-order valence-electron chi connectivity index (χ3n) is 8.27. The molecular formula is C36H40F2N4O8S2. The number of amides is 1. The molecule has 0 saturated heterocycles. The van der Waals surface area contributed by atoms with Crippen LogP contribution < -0.4 is 21.3 Å². The molecule has 16 heteroatoms. The number of anilines is 1. The van der Waals surface area contributed by atoms with Crippen molar-refractivity contribution in [2.45, 2.75) is 77.7 Å². The number of carbonyl (C=O) groups is 3. The van der Waals surface area contributed by atoms with Gasteiger partial charge in [-0.3, -0.25) is 19.1 Å². The van der Waals surface area contributed by atoms with E-state index in [1.54, 1.807) is 67.6 Å². The lowest BCUT2D eigenvalue weighted by Crippen LogP contribution is -2.44. The SMILES string of the molecule is Cc1c(C)n(C)c(=O)n(-c2ccc(C[C@H](NC(=O)c3cc(F)c(NS(=O)(=O)c4cc(CC(=O)C(C)(C)C)cs4)cc3F)C(=O)OC(C)C)cc2)c1=O. The van der Waals surface area contributed by atoms with Crippen molar-refractivity contribution in [1.29, 1.82) is 0 Å². The Bertz CT molecular complexity index is 2230. The summed E-state index contributed by atoms with van der Waals surface area (Å²) in [4.78, 5) is 64.4. The molecule has 2 heterocycles. The van der Waals surface area contributed by atoms with Crippen molar-refractivity contribution in [2.75, 3.05) is 4.72 Å². The summed E-state index contributed by atoms with van der Waals surface area (Å²) in [7, 11) is -2.85. The maximum atomic E-state index is 15.3. The van der Waals surface area contributed by atoms with Crippen LogP contribution in [-0.4, -0.2) is 47.4 Å². The van der Waals surface area contributed by atoms with Crippen molar-refractivity contribution >= 4 is 44.7 Å². The Morgan fingerprint density at radius 1 is 0.962 bits per heavy atom. The molecule has 4 aromatic rings. The van der Waals surface area contributed by atoms with Crippen LogP contribution in [0.25, 0.3) is 5.69 Å². The second kappa shape index (κ2) is 15.3. The Labute approximate surface area is 303 Å². The van der Waals surface area contributed by atoms with E-state index in [9.17, 15) is 32.4 Å². The number of thiophene rings is 1. The molecule has 12 nitrogen and oxygen atoms in total. The predicted molar refractivity (Wildman–Crippen MR) is 193 cm³/mol. The Morgan fingerprint density at radius 3 is 2.19 bits per heavy atom. The Morgan fingerprint density at radius 2 is 1.60 bits per heavy atom. The molecule has 0 spiro atoms. The fraction of sp³-hybridized carbons (Fsp3) is 0.361. The van der Waals surface area contributed by atoms with E-state index >= 15 is 8.78 Å². The van der Waals surface area contributed by atoms with Gasteiger partial charge in [-0.25, -0.2) is 31.4 Å². The molecule has 0 saturated carbocycles. The molecule has 0 unspecified atom stereocenters. The number of hydrogen-bond donors (Lipinski definition) is 2. The standard InChI is InChI=1S/C36H40F2N4O8S2/c1-19(2)50-34(46)29(13-22-9-11-24(12-10-22)42-33(45)20(3)21(4)41(8)35(42)47)39-32(44)25-16-27(38)28(17-26(25)37)40-52(48,49)31-15-23(18-51-31)14-30(43)36(5,6)7/h9-12,15-19,29,40H,13-14H2,1-8H3,(H,39,44)/t29-/m0/s1. The number of ketones is 1. The van der Waals surface area contributed by atoms with Crippen LogP contribution in [0.5, 0.6) is 0 Å². The number of benzene rings is 2. The van der Waals surface area contributed by atoms with E-state index in [-0.39, 0.29) is 28.5 Å². The minimum absolute atomic E-state index is 0.00491. The molecule has 2 aromatic carbocycles. The quantitative estimate of drug-likeness (QED) is 0.196. The van der Waals surface area contributed by atoms with Crippen molar-refractivity contribution < 1.29 is 36.3 Å². The maximum absolute atomic E-state index is 15.3. The first-order valence-electron chi connectivity index (χ1n) is 16.1. The van der Waals surface area contributed by atoms with E-state index in [1.165, 1.54) is 28.1 Å². The van der Waals surface area contributed by atoms with Crippen molar-refractivity contribution in [3.63, 3.8) is 0 Å². The Kier molecular flexibility index (Phi) is 11.7. The largest absolute Gasteiger partial charge is 0.461 e. The lowest BCUT2D eigenvalue weighted by Gasteiger charge is -2.20. The van der Waals surface area contributed by atoms with Gasteiger partial charge in [0.1, 0.15) is 27.7 Å². The number of sulfonamides is 1. The van der Waals surface area contributed by atoms with Gasteiger partial charge in [0, 0.05) is 42.6 Å². The van der Waals surface area contributed by atoms with Gasteiger partial charge in [-0.15, -0.1) is 11.3 Å². The van der Waals surface area contributed by atoms with Crippen molar-refractivity contribution in [2.24, 2.45) is 12.5 Å². The Hall–Kier alpha value is -4.96. The summed E-state index contributed by atoms with van der Waals surface area (Å²) in [6, 6.07) is 6.99. The van der Waals surface area contributed by atoms with E-state index in [1.807, 2.05) is 4.72 Å². The highest BCUT2D eigenvalue weighted by Crippen LogP contribution is 2.28. The average Bonchev–Trinajstić information content (AvgIpc) is 3.53. The minimum atomic E-state index is -4.39. The van der Waals surface area contributed by atoms with Crippen molar-refractivity contribution in [3.05, 3.63) is 108 Å². The molecule has 2 aromatic heterocycles. The monoisotopic (exact) mass is 758 g/mol. The second-order valence-corrected chi connectivity index (χ2v) is 16.4. The molecule has 278 valence electrons. The molecule has 0 aliphatic rings. The van der Waals surface area contributed by atoms with Gasteiger partial charge in [0.2, 0.25) is 0 Å². The lowest BCUT2D eigenvalue weighted by atomic mass is 9.88. The lowest BCUT2D eigenvalue weighted by molar-refractivity contribution is -0.149. The van der Waals surface area contributed by atoms with E-state index in [0.717, 1.165) is 15.9 Å². The van der Waals surface area contributed by atoms with Gasteiger partial charge in [-0.05, 0) is 68.5 Å². The number of ether oxygens (including phenoxy) is 1.